The summed E-state index contributed by atoms with van der Waals surface area (Å²) in [7, 11) is 1.36. The molecule has 0 N–H and O–H groups in total. The molecule has 1 aliphatic heterocycles. The second kappa shape index (κ2) is 3.00. The van der Waals surface area contributed by atoms with E-state index in [1.807, 2.05) is 0 Å². The highest BCUT2D eigenvalue weighted by molar-refractivity contribution is 6.43. The fourth-order valence-corrected chi connectivity index (χ4v) is 0.790. The van der Waals surface area contributed by atoms with Gasteiger partial charge in [-0.3, -0.25) is 4.79 Å². The molecule has 0 aromatic rings. The Balaban J connectivity index is 2.88. The van der Waals surface area contributed by atoms with Gasteiger partial charge in [-0.1, -0.05) is 11.6 Å². The van der Waals surface area contributed by atoms with Crippen LogP contribution in [0.25, 0.3) is 0 Å². The highest BCUT2D eigenvalue weighted by atomic mass is 35.5. The molecule has 1 rings (SSSR count). The van der Waals surface area contributed by atoms with Gasteiger partial charge in [0.05, 0.1) is 12.8 Å². The molecule has 1 amide bonds. The monoisotopic (exact) mass is 174 g/mol. The molecule has 0 bridgehead atoms. The normalized spacial score (nSPS) is 24.3. The summed E-state index contributed by atoms with van der Waals surface area (Å²) in [4.78, 5) is 18.2. The zero-order chi connectivity index (χ0) is 8.43. The van der Waals surface area contributed by atoms with Crippen LogP contribution in [-0.2, 0) is 9.53 Å². The van der Waals surface area contributed by atoms with Crippen LogP contribution in [0.1, 0.15) is 6.92 Å². The first-order valence-electron chi connectivity index (χ1n) is 3.00. The van der Waals surface area contributed by atoms with Crippen LogP contribution in [-0.4, -0.2) is 30.1 Å². The molecule has 0 fully saturated rings. The van der Waals surface area contributed by atoms with E-state index in [9.17, 15) is 4.79 Å². The Morgan fingerprint density at radius 3 is 2.82 bits per heavy atom. The van der Waals surface area contributed by atoms with Gasteiger partial charge in [0.15, 0.2) is 5.50 Å². The minimum atomic E-state index is -0.567. The molecule has 5 heteroatoms. The highest BCUT2D eigenvalue weighted by Gasteiger charge is 2.21. The van der Waals surface area contributed by atoms with E-state index in [2.05, 4.69) is 14.7 Å². The van der Waals surface area contributed by atoms with Crippen LogP contribution in [0.3, 0.4) is 0 Å². The number of carbonyl (C=O) groups excluding carboxylic acids is 1. The summed E-state index contributed by atoms with van der Waals surface area (Å²) in [6, 6.07) is 0. The van der Waals surface area contributed by atoms with Crippen LogP contribution in [0.2, 0.25) is 0 Å². The predicted molar refractivity (Wildman–Crippen MR) is 42.2 cm³/mol. The van der Waals surface area contributed by atoms with Crippen molar-refractivity contribution in [1.29, 1.82) is 0 Å². The largest absolute Gasteiger partial charge is 0.477 e. The van der Waals surface area contributed by atoms with Gasteiger partial charge in [-0.05, 0) is 6.92 Å². The first-order valence-corrected chi connectivity index (χ1v) is 3.44. The molecular formula is C6H7ClN2O2. The molecule has 60 valence electrons. The Morgan fingerprint density at radius 1 is 1.64 bits per heavy atom. The highest BCUT2D eigenvalue weighted by Crippen LogP contribution is 2.08. The molecule has 1 unspecified atom stereocenters. The molecule has 0 aromatic carbocycles. The third-order valence-corrected chi connectivity index (χ3v) is 1.64. The average Bonchev–Trinajstić information content (AvgIpc) is 1.97. The van der Waals surface area contributed by atoms with Crippen molar-refractivity contribution in [3.05, 3.63) is 0 Å². The number of halogens is 1. The Bertz CT molecular complexity index is 247. The minimum absolute atomic E-state index is 0.0319. The van der Waals surface area contributed by atoms with Gasteiger partial charge in [-0.15, -0.1) is 0 Å². The summed E-state index contributed by atoms with van der Waals surface area (Å²) >= 11 is 5.66. The van der Waals surface area contributed by atoms with E-state index in [0.29, 0.717) is 5.71 Å². The van der Waals surface area contributed by atoms with E-state index < -0.39 is 11.4 Å². The van der Waals surface area contributed by atoms with Crippen molar-refractivity contribution in [3.8, 4) is 0 Å². The molecule has 0 saturated heterocycles. The maximum atomic E-state index is 10.9. The summed E-state index contributed by atoms with van der Waals surface area (Å²) in [6.45, 7) is 1.64. The molecule has 1 atom stereocenters. The van der Waals surface area contributed by atoms with E-state index >= 15 is 0 Å². The number of methoxy groups -OCH3 is 1. The van der Waals surface area contributed by atoms with E-state index in [1.54, 1.807) is 6.92 Å². The Morgan fingerprint density at radius 2 is 2.27 bits per heavy atom. The number of amides is 1. The van der Waals surface area contributed by atoms with Crippen molar-refractivity contribution in [3.63, 3.8) is 0 Å². The lowest BCUT2D eigenvalue weighted by Gasteiger charge is -2.10. The second-order valence-corrected chi connectivity index (χ2v) is 2.45. The van der Waals surface area contributed by atoms with Crippen molar-refractivity contribution in [1.82, 2.24) is 0 Å². The zero-order valence-corrected chi connectivity index (χ0v) is 6.92. The van der Waals surface area contributed by atoms with E-state index in [4.69, 9.17) is 11.6 Å². The van der Waals surface area contributed by atoms with Gasteiger partial charge in [0.1, 0.15) is 0 Å². The third kappa shape index (κ3) is 1.57. The summed E-state index contributed by atoms with van der Waals surface area (Å²) in [5.41, 5.74) is -0.0693. The first-order chi connectivity index (χ1) is 5.15. The molecular weight excluding hydrogens is 168 g/mol. The number of hydrogen-bond acceptors (Lipinski definition) is 3. The Hall–Kier alpha value is -0.900. The van der Waals surface area contributed by atoms with Crippen LogP contribution in [0.5, 0.6) is 0 Å². The molecule has 0 spiro atoms. The molecule has 0 aromatic heterocycles. The number of carbonyl (C=O) groups is 1. The van der Waals surface area contributed by atoms with E-state index in [0.717, 1.165) is 0 Å². The molecule has 4 nitrogen and oxygen atoms in total. The van der Waals surface area contributed by atoms with Gasteiger partial charge in [-0.2, -0.15) is 0 Å². The van der Waals surface area contributed by atoms with E-state index in [-0.39, 0.29) is 5.90 Å². The lowest BCUT2D eigenvalue weighted by atomic mass is 10.3. The van der Waals surface area contributed by atoms with Crippen LogP contribution in [0.15, 0.2) is 9.98 Å². The van der Waals surface area contributed by atoms with Crippen molar-refractivity contribution in [2.45, 2.75) is 12.4 Å². The lowest BCUT2D eigenvalue weighted by Crippen LogP contribution is -2.26. The van der Waals surface area contributed by atoms with Gasteiger partial charge in [-0.25, -0.2) is 9.98 Å². The average molecular weight is 175 g/mol. The quantitative estimate of drug-likeness (QED) is 0.399. The molecule has 0 saturated carbocycles. The molecule has 11 heavy (non-hydrogen) atoms. The van der Waals surface area contributed by atoms with Crippen molar-refractivity contribution >= 4 is 29.1 Å². The van der Waals surface area contributed by atoms with Crippen molar-refractivity contribution in [2.75, 3.05) is 7.11 Å². The SMILES string of the molecule is COC1=NC(Cl)C(C)=NC1=O. The number of hydrogen-bond donors (Lipinski definition) is 0. The van der Waals surface area contributed by atoms with Gasteiger partial charge in [0, 0.05) is 0 Å². The zero-order valence-electron chi connectivity index (χ0n) is 6.17. The Kier molecular flexibility index (Phi) is 2.24. The maximum Gasteiger partial charge on any atom is 0.332 e. The molecule has 1 heterocycles. The maximum absolute atomic E-state index is 10.9. The number of nitrogens with zero attached hydrogens (tertiary/aromatic N) is 2. The number of alkyl halides is 1. The van der Waals surface area contributed by atoms with Crippen molar-refractivity contribution < 1.29 is 9.53 Å². The fraction of sp³-hybridized carbons (Fsp3) is 0.500. The number of aliphatic imine (C=N–C) groups is 2. The van der Waals surface area contributed by atoms with E-state index in [1.165, 1.54) is 7.11 Å². The van der Waals surface area contributed by atoms with Gasteiger partial charge < -0.3 is 4.74 Å². The topological polar surface area (TPSA) is 51.0 Å². The van der Waals surface area contributed by atoms with Crippen LogP contribution < -0.4 is 0 Å². The fourth-order valence-electron chi connectivity index (χ4n) is 0.653. The summed E-state index contributed by atoms with van der Waals surface area (Å²) < 4.78 is 4.63. The predicted octanol–water partition coefficient (Wildman–Crippen LogP) is 0.597. The second-order valence-electron chi connectivity index (χ2n) is 2.03. The molecule has 0 radical (unpaired) electrons. The van der Waals surface area contributed by atoms with Gasteiger partial charge in [0.2, 0.25) is 0 Å². The molecule has 0 aliphatic carbocycles. The summed E-state index contributed by atoms with van der Waals surface area (Å²) in [5.74, 6) is -0.502. The molecule has 1 aliphatic rings. The van der Waals surface area contributed by atoms with Gasteiger partial charge in [0.25, 0.3) is 5.90 Å². The summed E-state index contributed by atoms with van der Waals surface area (Å²) in [6.07, 6.45) is 0. The van der Waals surface area contributed by atoms with Crippen LogP contribution in [0, 0.1) is 0 Å². The first kappa shape index (κ1) is 8.20. The third-order valence-electron chi connectivity index (χ3n) is 1.23. The number of ether oxygens (including phenoxy) is 1. The lowest BCUT2D eigenvalue weighted by molar-refractivity contribution is -0.113. The smallest absolute Gasteiger partial charge is 0.332 e. The number of rotatable bonds is 0. The minimum Gasteiger partial charge on any atom is -0.477 e. The van der Waals surface area contributed by atoms with Crippen molar-refractivity contribution in [2.24, 2.45) is 9.98 Å². The van der Waals surface area contributed by atoms with Gasteiger partial charge >= 0.3 is 5.91 Å². The Labute approximate surface area is 68.9 Å². The summed E-state index contributed by atoms with van der Waals surface area (Å²) in [5, 5.41) is 0. The van der Waals surface area contributed by atoms with Crippen LogP contribution >= 0.6 is 11.6 Å². The van der Waals surface area contributed by atoms with Crippen LogP contribution in [0.4, 0.5) is 0 Å². The standard InChI is InChI=1S/C6H7ClN2O2/c1-3-4(7)9-6(11-2)5(10)8-3/h4H,1-2H3.